The van der Waals surface area contributed by atoms with Gasteiger partial charge in [-0.2, -0.15) is 0 Å². The van der Waals surface area contributed by atoms with Crippen LogP contribution in [0.3, 0.4) is 0 Å². The molecule has 3 N–H and O–H groups in total. The van der Waals surface area contributed by atoms with Crippen molar-refractivity contribution in [3.63, 3.8) is 0 Å². The Hall–Kier alpha value is -3.26. The average Bonchev–Trinajstić information content (AvgIpc) is 2.82. The van der Waals surface area contributed by atoms with Crippen molar-refractivity contribution < 1.29 is 14.4 Å². The number of hydrogen-bond donors (Lipinski definition) is 3. The van der Waals surface area contributed by atoms with E-state index >= 15 is 0 Å². The van der Waals surface area contributed by atoms with Crippen molar-refractivity contribution in [2.45, 2.75) is 19.8 Å². The Morgan fingerprint density at radius 1 is 0.857 bits per heavy atom. The van der Waals surface area contributed by atoms with E-state index in [-0.39, 0.29) is 21.6 Å². The van der Waals surface area contributed by atoms with Crippen LogP contribution in [0.2, 0.25) is 15.1 Å². The predicted molar refractivity (Wildman–Crippen MR) is 142 cm³/mol. The van der Waals surface area contributed by atoms with Gasteiger partial charge in [0.25, 0.3) is 5.91 Å². The molecule has 3 aromatic carbocycles. The molecule has 3 aromatic rings. The predicted octanol–water partition coefficient (Wildman–Crippen LogP) is 7.45. The van der Waals surface area contributed by atoms with Crippen molar-refractivity contribution in [2.24, 2.45) is 0 Å². The maximum absolute atomic E-state index is 13.0. The number of benzene rings is 3. The van der Waals surface area contributed by atoms with Crippen molar-refractivity contribution in [1.82, 2.24) is 5.32 Å². The number of imide groups is 1. The normalized spacial score (nSPS) is 10.4. The van der Waals surface area contributed by atoms with E-state index in [4.69, 9.17) is 34.8 Å². The van der Waals surface area contributed by atoms with Gasteiger partial charge in [-0.05, 0) is 61.0 Å². The molecule has 0 atom stereocenters. The SMILES string of the molecule is CCCCN(C(=O)Nc1ccc(NC(=O)NC(=O)c2ccccc2Cl)cc1Cl)c1ccc(Cl)cc1. The van der Waals surface area contributed by atoms with Crippen LogP contribution in [0.25, 0.3) is 0 Å². The van der Waals surface area contributed by atoms with Gasteiger partial charge < -0.3 is 10.6 Å². The minimum Gasteiger partial charge on any atom is -0.308 e. The Balaban J connectivity index is 1.66. The van der Waals surface area contributed by atoms with Gasteiger partial charge in [-0.15, -0.1) is 0 Å². The van der Waals surface area contributed by atoms with Gasteiger partial charge in [0.2, 0.25) is 0 Å². The molecule has 0 heterocycles. The molecule has 0 saturated carbocycles. The number of halogens is 3. The van der Waals surface area contributed by atoms with Crippen LogP contribution in [-0.4, -0.2) is 24.5 Å². The monoisotopic (exact) mass is 532 g/mol. The zero-order chi connectivity index (χ0) is 25.4. The van der Waals surface area contributed by atoms with Crippen LogP contribution in [0.4, 0.5) is 26.7 Å². The van der Waals surface area contributed by atoms with Gasteiger partial charge in [0.05, 0.1) is 21.3 Å². The maximum atomic E-state index is 13.0. The highest BCUT2D eigenvalue weighted by Crippen LogP contribution is 2.27. The smallest absolute Gasteiger partial charge is 0.308 e. The lowest BCUT2D eigenvalue weighted by Gasteiger charge is -2.23. The molecular formula is C25H23Cl3N4O3. The number of carbonyl (C=O) groups is 3. The molecule has 35 heavy (non-hydrogen) atoms. The minimum absolute atomic E-state index is 0.175. The van der Waals surface area contributed by atoms with Gasteiger partial charge in [0.15, 0.2) is 0 Å². The number of rotatable bonds is 7. The molecule has 0 aliphatic rings. The highest BCUT2D eigenvalue weighted by atomic mass is 35.5. The molecule has 0 aliphatic heterocycles. The van der Waals surface area contributed by atoms with Crippen molar-refractivity contribution >= 4 is 69.8 Å². The first kappa shape index (κ1) is 26.3. The zero-order valence-electron chi connectivity index (χ0n) is 18.8. The number of nitrogens with zero attached hydrogens (tertiary/aromatic N) is 1. The Morgan fingerprint density at radius 3 is 2.23 bits per heavy atom. The van der Waals surface area contributed by atoms with Crippen molar-refractivity contribution in [3.8, 4) is 0 Å². The lowest BCUT2D eigenvalue weighted by atomic mass is 10.2. The molecule has 10 heteroatoms. The number of hydrogen-bond acceptors (Lipinski definition) is 3. The molecule has 0 saturated heterocycles. The molecule has 3 rings (SSSR count). The van der Waals surface area contributed by atoms with E-state index in [0.29, 0.717) is 28.6 Å². The summed E-state index contributed by atoms with van der Waals surface area (Å²) in [7, 11) is 0. The highest BCUT2D eigenvalue weighted by Gasteiger charge is 2.18. The van der Waals surface area contributed by atoms with Crippen LogP contribution in [0, 0.1) is 0 Å². The summed E-state index contributed by atoms with van der Waals surface area (Å²) in [4.78, 5) is 39.1. The Bertz CT molecular complexity index is 1220. The fourth-order valence-corrected chi connectivity index (χ4v) is 3.72. The Labute approximate surface area is 218 Å². The fraction of sp³-hybridized carbons (Fsp3) is 0.160. The molecule has 182 valence electrons. The quantitative estimate of drug-likeness (QED) is 0.295. The molecule has 0 radical (unpaired) electrons. The first-order valence-electron chi connectivity index (χ1n) is 10.8. The van der Waals surface area contributed by atoms with Crippen LogP contribution in [-0.2, 0) is 0 Å². The van der Waals surface area contributed by atoms with E-state index < -0.39 is 11.9 Å². The number of nitrogens with one attached hydrogen (secondary N) is 3. The molecule has 0 spiro atoms. The zero-order valence-corrected chi connectivity index (χ0v) is 21.0. The molecule has 7 nitrogen and oxygen atoms in total. The first-order valence-corrected chi connectivity index (χ1v) is 11.9. The summed E-state index contributed by atoms with van der Waals surface area (Å²) in [6.45, 7) is 2.56. The highest BCUT2D eigenvalue weighted by molar-refractivity contribution is 6.35. The molecule has 0 bridgehead atoms. The first-order chi connectivity index (χ1) is 16.8. The molecule has 0 unspecified atom stereocenters. The van der Waals surface area contributed by atoms with E-state index in [0.717, 1.165) is 12.8 Å². The van der Waals surface area contributed by atoms with Crippen LogP contribution >= 0.6 is 34.8 Å². The number of unbranched alkanes of at least 4 members (excludes halogenated alkanes) is 1. The second-order valence-corrected chi connectivity index (χ2v) is 8.75. The van der Waals surface area contributed by atoms with E-state index in [1.165, 1.54) is 12.1 Å². The second kappa shape index (κ2) is 12.4. The van der Waals surface area contributed by atoms with Gasteiger partial charge in [0.1, 0.15) is 0 Å². The summed E-state index contributed by atoms with van der Waals surface area (Å²) >= 11 is 18.3. The third kappa shape index (κ3) is 7.36. The van der Waals surface area contributed by atoms with E-state index in [1.54, 1.807) is 59.5 Å². The number of anilines is 3. The van der Waals surface area contributed by atoms with Gasteiger partial charge in [0, 0.05) is 22.9 Å². The third-order valence-corrected chi connectivity index (χ3v) is 5.83. The average molecular weight is 534 g/mol. The largest absolute Gasteiger partial charge is 0.326 e. The number of urea groups is 2. The summed E-state index contributed by atoms with van der Waals surface area (Å²) < 4.78 is 0. The molecular weight excluding hydrogens is 511 g/mol. The number of amides is 5. The molecule has 0 aromatic heterocycles. The summed E-state index contributed by atoms with van der Waals surface area (Å²) in [6, 6.07) is 16.8. The standard InChI is InChI=1S/C25H23Cl3N4O3/c1-2-3-14-32(18-11-8-16(26)9-12-18)25(35)30-22-13-10-17(15-21(22)28)29-24(34)31-23(33)19-6-4-5-7-20(19)27/h4-13,15H,2-3,14H2,1H3,(H,30,35)(H2,29,31,33,34). The summed E-state index contributed by atoms with van der Waals surface area (Å²) in [5.41, 5.74) is 1.58. The molecule has 0 fully saturated rings. The van der Waals surface area contributed by atoms with E-state index in [1.807, 2.05) is 6.92 Å². The topological polar surface area (TPSA) is 90.5 Å². The minimum atomic E-state index is -0.753. The van der Waals surface area contributed by atoms with Gasteiger partial charge in [-0.25, -0.2) is 9.59 Å². The van der Waals surface area contributed by atoms with Gasteiger partial charge >= 0.3 is 12.1 Å². The molecule has 0 aliphatic carbocycles. The number of carbonyl (C=O) groups excluding carboxylic acids is 3. The van der Waals surface area contributed by atoms with Crippen LogP contribution in [0.1, 0.15) is 30.1 Å². The lowest BCUT2D eigenvalue weighted by Crippen LogP contribution is -2.36. The van der Waals surface area contributed by atoms with E-state index in [2.05, 4.69) is 16.0 Å². The third-order valence-electron chi connectivity index (χ3n) is 4.93. The van der Waals surface area contributed by atoms with Crippen molar-refractivity contribution in [3.05, 3.63) is 87.4 Å². The van der Waals surface area contributed by atoms with Crippen LogP contribution in [0.5, 0.6) is 0 Å². The summed E-state index contributed by atoms with van der Waals surface area (Å²) in [6.07, 6.45) is 1.73. The van der Waals surface area contributed by atoms with Crippen molar-refractivity contribution in [1.29, 1.82) is 0 Å². The van der Waals surface area contributed by atoms with Gasteiger partial charge in [-0.1, -0.05) is 60.3 Å². The maximum Gasteiger partial charge on any atom is 0.326 e. The van der Waals surface area contributed by atoms with E-state index in [9.17, 15) is 14.4 Å². The Morgan fingerprint density at radius 2 is 1.57 bits per heavy atom. The second-order valence-electron chi connectivity index (χ2n) is 7.49. The Kier molecular flexibility index (Phi) is 9.37. The van der Waals surface area contributed by atoms with Crippen molar-refractivity contribution in [2.75, 3.05) is 22.1 Å². The molecule has 5 amide bonds. The summed E-state index contributed by atoms with van der Waals surface area (Å²) in [5.74, 6) is -0.641. The fourth-order valence-electron chi connectivity index (χ4n) is 3.14. The van der Waals surface area contributed by atoms with Gasteiger partial charge in [-0.3, -0.25) is 15.0 Å². The van der Waals surface area contributed by atoms with Crippen LogP contribution < -0.4 is 20.9 Å². The lowest BCUT2D eigenvalue weighted by molar-refractivity contribution is 0.0967. The summed E-state index contributed by atoms with van der Waals surface area (Å²) in [5, 5.41) is 8.55. The van der Waals surface area contributed by atoms with Crippen LogP contribution in [0.15, 0.2) is 66.7 Å².